The molecule has 0 saturated carbocycles. The number of aliphatic imine (C=N–C) groups is 1. The molecule has 120 valence electrons. The third-order valence-corrected chi connectivity index (χ3v) is 4.04. The van der Waals surface area contributed by atoms with Crippen molar-refractivity contribution < 1.29 is 19.0 Å². The number of ether oxygens (including phenoxy) is 3. The quantitative estimate of drug-likeness (QED) is 0.597. The lowest BCUT2D eigenvalue weighted by Crippen LogP contribution is -2.05. The number of carbonyl (C=O) groups is 1. The third-order valence-electron chi connectivity index (χ3n) is 3.48. The highest BCUT2D eigenvalue weighted by Crippen LogP contribution is 2.38. The summed E-state index contributed by atoms with van der Waals surface area (Å²) in [4.78, 5) is 16.3. The smallest absolute Gasteiger partial charge is 0.363 e. The average Bonchev–Trinajstić information content (AvgIpc) is 3.14. The summed E-state index contributed by atoms with van der Waals surface area (Å²) >= 11 is 12.2. The molecule has 0 aliphatic carbocycles. The SMILES string of the molecule is O=C1OC(c2cccc(Cl)c2)=N/C1=C\c1cc2c(cc1Cl)OCO2. The van der Waals surface area contributed by atoms with Gasteiger partial charge in [0, 0.05) is 16.7 Å². The maximum Gasteiger partial charge on any atom is 0.363 e. The van der Waals surface area contributed by atoms with Crippen molar-refractivity contribution in [2.24, 2.45) is 4.99 Å². The van der Waals surface area contributed by atoms with Crippen LogP contribution >= 0.6 is 23.2 Å². The number of hydrogen-bond acceptors (Lipinski definition) is 5. The molecule has 0 radical (unpaired) electrons. The predicted octanol–water partition coefficient (Wildman–Crippen LogP) is 4.07. The minimum Gasteiger partial charge on any atom is -0.454 e. The van der Waals surface area contributed by atoms with Crippen molar-refractivity contribution in [2.45, 2.75) is 0 Å². The molecule has 0 spiro atoms. The van der Waals surface area contributed by atoms with E-state index in [1.165, 1.54) is 0 Å². The molecular weight excluding hydrogens is 353 g/mol. The minimum absolute atomic E-state index is 0.144. The lowest BCUT2D eigenvalue weighted by Gasteiger charge is -2.01. The molecule has 2 heterocycles. The van der Waals surface area contributed by atoms with E-state index in [1.807, 2.05) is 0 Å². The monoisotopic (exact) mass is 361 g/mol. The molecule has 2 aromatic carbocycles. The summed E-state index contributed by atoms with van der Waals surface area (Å²) in [5.41, 5.74) is 1.35. The molecule has 7 heteroatoms. The van der Waals surface area contributed by atoms with E-state index < -0.39 is 5.97 Å². The molecule has 0 N–H and O–H groups in total. The van der Waals surface area contributed by atoms with Gasteiger partial charge < -0.3 is 14.2 Å². The Hall–Kier alpha value is -2.50. The molecule has 24 heavy (non-hydrogen) atoms. The second-order valence-electron chi connectivity index (χ2n) is 5.07. The van der Waals surface area contributed by atoms with Crippen LogP contribution in [0.2, 0.25) is 10.0 Å². The second-order valence-corrected chi connectivity index (χ2v) is 5.92. The molecular formula is C17H9Cl2NO4. The zero-order valence-corrected chi connectivity index (χ0v) is 13.6. The summed E-state index contributed by atoms with van der Waals surface area (Å²) in [7, 11) is 0. The van der Waals surface area contributed by atoms with Gasteiger partial charge in [0.25, 0.3) is 0 Å². The van der Waals surface area contributed by atoms with Gasteiger partial charge in [0.1, 0.15) is 0 Å². The Bertz CT molecular complexity index is 921. The van der Waals surface area contributed by atoms with Crippen LogP contribution in [0.5, 0.6) is 11.5 Å². The number of hydrogen-bond donors (Lipinski definition) is 0. The number of cyclic esters (lactones) is 1. The molecule has 0 saturated heterocycles. The highest BCUT2D eigenvalue weighted by Gasteiger charge is 2.25. The standard InChI is InChI=1S/C17H9Cl2NO4/c18-11-3-1-2-9(4-11)16-20-13(17(21)24-16)5-10-6-14-15(7-12(10)19)23-8-22-14/h1-7H,8H2/b13-5-. The van der Waals surface area contributed by atoms with E-state index in [2.05, 4.69) is 4.99 Å². The summed E-state index contributed by atoms with van der Waals surface area (Å²) in [6.07, 6.45) is 1.55. The van der Waals surface area contributed by atoms with Crippen molar-refractivity contribution in [1.29, 1.82) is 0 Å². The Balaban J connectivity index is 1.71. The number of fused-ring (bicyclic) bond motifs is 1. The number of carbonyl (C=O) groups excluding carboxylic acids is 1. The van der Waals surface area contributed by atoms with Gasteiger partial charge in [-0.25, -0.2) is 9.79 Å². The Kier molecular flexibility index (Phi) is 3.67. The van der Waals surface area contributed by atoms with Crippen LogP contribution in [0.3, 0.4) is 0 Å². The molecule has 4 rings (SSSR count). The van der Waals surface area contributed by atoms with Crippen molar-refractivity contribution in [3.05, 3.63) is 63.3 Å². The van der Waals surface area contributed by atoms with Gasteiger partial charge >= 0.3 is 5.97 Å². The van der Waals surface area contributed by atoms with E-state index in [0.29, 0.717) is 32.7 Å². The first kappa shape index (κ1) is 15.1. The van der Waals surface area contributed by atoms with Gasteiger partial charge in [-0.3, -0.25) is 0 Å². The van der Waals surface area contributed by atoms with Gasteiger partial charge in [0.2, 0.25) is 12.7 Å². The fraction of sp³-hybridized carbons (Fsp3) is 0.0588. The summed E-state index contributed by atoms with van der Waals surface area (Å²) in [5.74, 6) is 0.778. The maximum absolute atomic E-state index is 12.1. The molecule has 2 aromatic rings. The minimum atomic E-state index is -0.557. The van der Waals surface area contributed by atoms with Gasteiger partial charge in [-0.05, 0) is 35.9 Å². The van der Waals surface area contributed by atoms with Gasteiger partial charge in [-0.1, -0.05) is 29.3 Å². The van der Waals surface area contributed by atoms with Crippen molar-refractivity contribution in [3.63, 3.8) is 0 Å². The van der Waals surface area contributed by atoms with Gasteiger partial charge in [-0.2, -0.15) is 0 Å². The van der Waals surface area contributed by atoms with Crippen molar-refractivity contribution in [3.8, 4) is 11.5 Å². The summed E-state index contributed by atoms with van der Waals surface area (Å²) in [6.45, 7) is 0.144. The summed E-state index contributed by atoms with van der Waals surface area (Å²) < 4.78 is 15.8. The van der Waals surface area contributed by atoms with Crippen molar-refractivity contribution >= 4 is 41.1 Å². The lowest BCUT2D eigenvalue weighted by atomic mass is 10.1. The van der Waals surface area contributed by atoms with E-state index in [4.69, 9.17) is 37.4 Å². The predicted molar refractivity (Wildman–Crippen MR) is 89.6 cm³/mol. The Morgan fingerprint density at radius 3 is 2.67 bits per heavy atom. The van der Waals surface area contributed by atoms with E-state index in [1.54, 1.807) is 42.5 Å². The first-order valence-corrected chi connectivity index (χ1v) is 7.73. The van der Waals surface area contributed by atoms with Crippen molar-refractivity contribution in [2.75, 3.05) is 6.79 Å². The van der Waals surface area contributed by atoms with Crippen LogP contribution in [0.15, 0.2) is 47.1 Å². The largest absolute Gasteiger partial charge is 0.454 e. The van der Waals surface area contributed by atoms with Crippen molar-refractivity contribution in [1.82, 2.24) is 0 Å². The zero-order chi connectivity index (χ0) is 16.7. The normalized spacial score (nSPS) is 17.2. The Labute approximate surface area is 147 Å². The fourth-order valence-electron chi connectivity index (χ4n) is 2.34. The molecule has 2 aliphatic heterocycles. The molecule has 0 bridgehead atoms. The number of benzene rings is 2. The molecule has 2 aliphatic rings. The molecule has 5 nitrogen and oxygen atoms in total. The highest BCUT2D eigenvalue weighted by atomic mass is 35.5. The number of halogens is 2. The van der Waals surface area contributed by atoms with Gasteiger partial charge in [-0.15, -0.1) is 0 Å². The maximum atomic E-state index is 12.1. The highest BCUT2D eigenvalue weighted by molar-refractivity contribution is 6.32. The van der Waals surface area contributed by atoms with E-state index in [9.17, 15) is 4.79 Å². The van der Waals surface area contributed by atoms with E-state index >= 15 is 0 Å². The number of rotatable bonds is 2. The zero-order valence-electron chi connectivity index (χ0n) is 12.1. The summed E-state index contributed by atoms with van der Waals surface area (Å²) in [5, 5.41) is 0.952. The Morgan fingerprint density at radius 2 is 1.88 bits per heavy atom. The van der Waals surface area contributed by atoms with Crippen LogP contribution in [-0.2, 0) is 9.53 Å². The molecule has 0 amide bonds. The first-order chi connectivity index (χ1) is 11.6. The van der Waals surface area contributed by atoms with Crippen LogP contribution in [0, 0.1) is 0 Å². The molecule has 0 unspecified atom stereocenters. The van der Waals surface area contributed by atoms with Gasteiger partial charge in [0.15, 0.2) is 17.2 Å². The topological polar surface area (TPSA) is 57.1 Å². The molecule has 0 fully saturated rings. The van der Waals surface area contributed by atoms with Crippen LogP contribution in [-0.4, -0.2) is 18.7 Å². The lowest BCUT2D eigenvalue weighted by molar-refractivity contribution is -0.129. The van der Waals surface area contributed by atoms with E-state index in [0.717, 1.165) is 0 Å². The van der Waals surface area contributed by atoms with Gasteiger partial charge in [0.05, 0.1) is 5.02 Å². The first-order valence-electron chi connectivity index (χ1n) is 6.98. The molecule has 0 atom stereocenters. The van der Waals surface area contributed by atoms with Crippen LogP contribution < -0.4 is 9.47 Å². The fourth-order valence-corrected chi connectivity index (χ4v) is 2.74. The Morgan fingerprint density at radius 1 is 1.08 bits per heavy atom. The third kappa shape index (κ3) is 2.72. The number of esters is 1. The second kappa shape index (κ2) is 5.85. The van der Waals surface area contributed by atoms with E-state index in [-0.39, 0.29) is 18.4 Å². The molecule has 0 aromatic heterocycles. The van der Waals surface area contributed by atoms with Crippen LogP contribution in [0.4, 0.5) is 0 Å². The van der Waals surface area contributed by atoms with Crippen LogP contribution in [0.25, 0.3) is 6.08 Å². The average molecular weight is 362 g/mol. The van der Waals surface area contributed by atoms with Crippen LogP contribution in [0.1, 0.15) is 11.1 Å². The number of nitrogens with zero attached hydrogens (tertiary/aromatic N) is 1. The summed E-state index contributed by atoms with van der Waals surface area (Å²) in [6, 6.07) is 10.2.